The summed E-state index contributed by atoms with van der Waals surface area (Å²) in [5.74, 6) is 0.738. The molecule has 1 saturated carbocycles. The van der Waals surface area contributed by atoms with E-state index in [4.69, 9.17) is 4.74 Å². The van der Waals surface area contributed by atoms with Gasteiger partial charge in [0.25, 0.3) is 0 Å². The molecule has 0 spiro atoms. The maximum Gasteiger partial charge on any atom is 0.325 e. The first-order chi connectivity index (χ1) is 10.0. The van der Waals surface area contributed by atoms with Gasteiger partial charge in [-0.2, -0.15) is 0 Å². The zero-order valence-electron chi connectivity index (χ0n) is 14.4. The smallest absolute Gasteiger partial charge is 0.325 e. The van der Waals surface area contributed by atoms with E-state index in [1.807, 2.05) is 14.0 Å². The molecule has 124 valence electrons. The average Bonchev–Trinajstić information content (AvgIpc) is 2.51. The Labute approximate surface area is 130 Å². The molecule has 0 aromatic heterocycles. The van der Waals surface area contributed by atoms with Crippen molar-refractivity contribution in [2.75, 3.05) is 34.3 Å². The lowest BCUT2D eigenvalue weighted by molar-refractivity contribution is -0.148. The number of hydrogen-bond donors (Lipinski definition) is 1. The average molecular weight is 298 g/mol. The summed E-state index contributed by atoms with van der Waals surface area (Å²) in [5, 5.41) is 3.09. The summed E-state index contributed by atoms with van der Waals surface area (Å²) in [5.41, 5.74) is -0.545. The van der Waals surface area contributed by atoms with E-state index >= 15 is 0 Å². The van der Waals surface area contributed by atoms with Gasteiger partial charge in [-0.1, -0.05) is 19.3 Å². The fourth-order valence-corrected chi connectivity index (χ4v) is 3.32. The molecule has 0 aromatic rings. The molecule has 0 heterocycles. The number of nitrogens with one attached hydrogen (secondary N) is 1. The van der Waals surface area contributed by atoms with Crippen molar-refractivity contribution in [1.29, 1.82) is 0 Å². The standard InChI is InChI=1S/C17H34N2O2/c1-17(18-2,16(20)21-4)12-8-9-13-19(3)14-15-10-6-5-7-11-15/h15,18H,5-14H2,1-4H3. The Balaban J connectivity index is 2.18. The molecule has 1 aliphatic rings. The van der Waals surface area contributed by atoms with E-state index in [9.17, 15) is 4.79 Å². The van der Waals surface area contributed by atoms with Gasteiger partial charge in [0.05, 0.1) is 7.11 Å². The highest BCUT2D eigenvalue weighted by Crippen LogP contribution is 2.24. The molecule has 0 aromatic carbocycles. The molecule has 0 saturated heterocycles. The Bertz CT molecular complexity index is 303. The summed E-state index contributed by atoms with van der Waals surface area (Å²) >= 11 is 0. The highest BCUT2D eigenvalue weighted by atomic mass is 16.5. The van der Waals surface area contributed by atoms with E-state index in [-0.39, 0.29) is 5.97 Å². The van der Waals surface area contributed by atoms with Crippen LogP contribution in [0.5, 0.6) is 0 Å². The van der Waals surface area contributed by atoms with Crippen LogP contribution in [0.15, 0.2) is 0 Å². The van der Waals surface area contributed by atoms with Gasteiger partial charge in [0.1, 0.15) is 5.54 Å². The van der Waals surface area contributed by atoms with Gasteiger partial charge < -0.3 is 15.0 Å². The summed E-state index contributed by atoms with van der Waals surface area (Å²) in [6, 6.07) is 0. The minimum Gasteiger partial charge on any atom is -0.468 e. The van der Waals surface area contributed by atoms with Crippen molar-refractivity contribution in [2.24, 2.45) is 5.92 Å². The zero-order chi connectivity index (χ0) is 15.7. The molecule has 1 rings (SSSR count). The molecule has 1 N–H and O–H groups in total. The van der Waals surface area contributed by atoms with Gasteiger partial charge >= 0.3 is 5.97 Å². The van der Waals surface area contributed by atoms with Crippen LogP contribution < -0.4 is 5.32 Å². The molecule has 1 unspecified atom stereocenters. The van der Waals surface area contributed by atoms with E-state index in [0.29, 0.717) is 0 Å². The number of hydrogen-bond acceptors (Lipinski definition) is 4. The second-order valence-corrected chi connectivity index (χ2v) is 6.80. The minimum atomic E-state index is -0.545. The molecule has 1 aliphatic carbocycles. The van der Waals surface area contributed by atoms with Crippen molar-refractivity contribution in [1.82, 2.24) is 10.2 Å². The fraction of sp³-hybridized carbons (Fsp3) is 0.941. The molecule has 4 nitrogen and oxygen atoms in total. The number of unbranched alkanes of at least 4 members (excludes halogenated alkanes) is 1. The van der Waals surface area contributed by atoms with Crippen molar-refractivity contribution in [3.8, 4) is 0 Å². The van der Waals surface area contributed by atoms with Crippen LogP contribution in [0, 0.1) is 5.92 Å². The van der Waals surface area contributed by atoms with Crippen molar-refractivity contribution < 1.29 is 9.53 Å². The van der Waals surface area contributed by atoms with Gasteiger partial charge in [0.2, 0.25) is 0 Å². The molecular weight excluding hydrogens is 264 g/mol. The molecule has 0 bridgehead atoms. The molecule has 0 radical (unpaired) electrons. The summed E-state index contributed by atoms with van der Waals surface area (Å²) in [6.07, 6.45) is 10.1. The Morgan fingerprint density at radius 3 is 2.52 bits per heavy atom. The molecule has 21 heavy (non-hydrogen) atoms. The summed E-state index contributed by atoms with van der Waals surface area (Å²) in [6.45, 7) is 4.28. The van der Waals surface area contributed by atoms with E-state index in [0.717, 1.165) is 31.7 Å². The number of likely N-dealkylation sites (N-methyl/N-ethyl adjacent to an activating group) is 1. The number of rotatable bonds is 9. The number of nitrogens with zero attached hydrogens (tertiary/aromatic N) is 1. The third-order valence-electron chi connectivity index (χ3n) is 4.95. The predicted octanol–water partition coefficient (Wildman–Crippen LogP) is 2.82. The second kappa shape index (κ2) is 9.42. The van der Waals surface area contributed by atoms with Gasteiger partial charge in [-0.05, 0) is 65.6 Å². The monoisotopic (exact) mass is 298 g/mol. The van der Waals surface area contributed by atoms with Gasteiger partial charge in [-0.15, -0.1) is 0 Å². The van der Waals surface area contributed by atoms with Gasteiger partial charge in [0.15, 0.2) is 0 Å². The van der Waals surface area contributed by atoms with E-state index in [2.05, 4.69) is 17.3 Å². The summed E-state index contributed by atoms with van der Waals surface area (Å²) < 4.78 is 4.87. The van der Waals surface area contributed by atoms with Crippen molar-refractivity contribution in [2.45, 2.75) is 63.8 Å². The normalized spacial score (nSPS) is 19.5. The molecule has 4 heteroatoms. The molecule has 0 aliphatic heterocycles. The van der Waals surface area contributed by atoms with E-state index < -0.39 is 5.54 Å². The molecule has 1 fully saturated rings. The third-order valence-corrected chi connectivity index (χ3v) is 4.95. The first-order valence-corrected chi connectivity index (χ1v) is 8.47. The number of esters is 1. The largest absolute Gasteiger partial charge is 0.468 e. The van der Waals surface area contributed by atoms with Crippen molar-refractivity contribution >= 4 is 5.97 Å². The quantitative estimate of drug-likeness (QED) is 0.525. The number of carbonyl (C=O) groups is 1. The van der Waals surface area contributed by atoms with Crippen LogP contribution in [0.4, 0.5) is 0 Å². The van der Waals surface area contributed by atoms with Crippen LogP contribution in [-0.2, 0) is 9.53 Å². The Morgan fingerprint density at radius 1 is 1.29 bits per heavy atom. The Kier molecular flexibility index (Phi) is 8.27. The van der Waals surface area contributed by atoms with Crippen molar-refractivity contribution in [3.05, 3.63) is 0 Å². The molecule has 1 atom stereocenters. The predicted molar refractivity (Wildman–Crippen MR) is 87.4 cm³/mol. The van der Waals surface area contributed by atoms with E-state index in [1.54, 1.807) is 0 Å². The fourth-order valence-electron chi connectivity index (χ4n) is 3.32. The second-order valence-electron chi connectivity index (χ2n) is 6.80. The highest BCUT2D eigenvalue weighted by molar-refractivity contribution is 5.80. The van der Waals surface area contributed by atoms with Crippen LogP contribution in [-0.4, -0.2) is 50.7 Å². The lowest BCUT2D eigenvalue weighted by atomic mass is 9.89. The number of methoxy groups -OCH3 is 1. The molecular formula is C17H34N2O2. The minimum absolute atomic E-state index is 0.166. The van der Waals surface area contributed by atoms with Crippen LogP contribution >= 0.6 is 0 Å². The maximum absolute atomic E-state index is 11.8. The van der Waals surface area contributed by atoms with Gasteiger partial charge in [-0.3, -0.25) is 4.79 Å². The maximum atomic E-state index is 11.8. The highest BCUT2D eigenvalue weighted by Gasteiger charge is 2.31. The van der Waals surface area contributed by atoms with Crippen LogP contribution in [0.2, 0.25) is 0 Å². The first-order valence-electron chi connectivity index (χ1n) is 8.47. The third kappa shape index (κ3) is 6.35. The van der Waals surface area contributed by atoms with Crippen LogP contribution in [0.1, 0.15) is 58.3 Å². The number of ether oxygens (including phenoxy) is 1. The van der Waals surface area contributed by atoms with Crippen LogP contribution in [0.3, 0.4) is 0 Å². The Hall–Kier alpha value is -0.610. The Morgan fingerprint density at radius 2 is 1.95 bits per heavy atom. The first kappa shape index (κ1) is 18.4. The number of carbonyl (C=O) groups excluding carboxylic acids is 1. The zero-order valence-corrected chi connectivity index (χ0v) is 14.4. The summed E-state index contributed by atoms with van der Waals surface area (Å²) in [7, 11) is 5.51. The SMILES string of the molecule is CNC(C)(CCCCN(C)CC1CCCCC1)C(=O)OC. The lowest BCUT2D eigenvalue weighted by Crippen LogP contribution is -2.48. The van der Waals surface area contributed by atoms with Gasteiger partial charge in [0, 0.05) is 6.54 Å². The van der Waals surface area contributed by atoms with Gasteiger partial charge in [-0.25, -0.2) is 0 Å². The van der Waals surface area contributed by atoms with E-state index in [1.165, 1.54) is 45.8 Å². The van der Waals surface area contributed by atoms with Crippen molar-refractivity contribution in [3.63, 3.8) is 0 Å². The summed E-state index contributed by atoms with van der Waals surface area (Å²) in [4.78, 5) is 14.2. The molecule has 0 amide bonds. The lowest BCUT2D eigenvalue weighted by Gasteiger charge is -2.28. The van der Waals surface area contributed by atoms with Crippen LogP contribution in [0.25, 0.3) is 0 Å². The topological polar surface area (TPSA) is 41.6 Å².